The second-order valence-electron chi connectivity index (χ2n) is 10.7. The van der Waals surface area contributed by atoms with Gasteiger partial charge in [-0.05, 0) is 59.6 Å². The van der Waals surface area contributed by atoms with Gasteiger partial charge in [-0.15, -0.1) is 0 Å². The van der Waals surface area contributed by atoms with Gasteiger partial charge in [0.2, 0.25) is 10.0 Å². The highest BCUT2D eigenvalue weighted by atomic mass is 32.2. The van der Waals surface area contributed by atoms with Gasteiger partial charge < -0.3 is 4.98 Å². The Bertz CT molecular complexity index is 1780. The first-order valence-electron chi connectivity index (χ1n) is 12.7. The first kappa shape index (κ1) is 26.5. The molecule has 1 saturated carbocycles. The minimum Gasteiger partial charge on any atom is -0.341 e. The number of piperidine rings is 1. The van der Waals surface area contributed by atoms with Gasteiger partial charge in [0.15, 0.2) is 0 Å². The van der Waals surface area contributed by atoms with Crippen LogP contribution in [0, 0.1) is 22.6 Å². The molecule has 2 aliphatic rings. The van der Waals surface area contributed by atoms with E-state index in [4.69, 9.17) is 0 Å². The zero-order chi connectivity index (χ0) is 28.5. The zero-order valence-electron chi connectivity index (χ0n) is 21.4. The molecule has 0 bridgehead atoms. The van der Waals surface area contributed by atoms with E-state index >= 15 is 0 Å². The van der Waals surface area contributed by atoms with E-state index in [-0.39, 0.29) is 16.4 Å². The van der Waals surface area contributed by atoms with Gasteiger partial charge in [-0.3, -0.25) is 0 Å². The van der Waals surface area contributed by atoms with Crippen molar-refractivity contribution in [2.45, 2.75) is 30.9 Å². The van der Waals surface area contributed by atoms with Crippen molar-refractivity contribution in [1.82, 2.24) is 14.3 Å². The number of sulfonamides is 1. The molecule has 4 aromatic rings. The number of hydrogen-bond donors (Lipinski definition) is 1. The summed E-state index contributed by atoms with van der Waals surface area (Å²) in [6.45, 7) is 0.652. The fraction of sp³-hybridized carbons (Fsp3) is 0.310. The molecule has 1 saturated heterocycles. The minimum absolute atomic E-state index is 0.0867. The lowest BCUT2D eigenvalue weighted by atomic mass is 9.79. The number of rotatable bonds is 4. The molecule has 1 N–H and O–H groups in total. The molecule has 1 aliphatic carbocycles. The third-order valence-electron chi connectivity index (χ3n) is 8.52. The summed E-state index contributed by atoms with van der Waals surface area (Å²) in [5.41, 5.74) is 0.919. The molecule has 0 radical (unpaired) electrons. The lowest BCUT2D eigenvalue weighted by Crippen LogP contribution is -2.40. The fourth-order valence-electron chi connectivity index (χ4n) is 6.36. The number of aromatic nitrogens is 2. The number of halogens is 4. The predicted octanol–water partition coefficient (Wildman–Crippen LogP) is 5.99. The SMILES string of the molecule is CS(=O)(=O)N1CCC2(CC1)CC2(c1ccc(-c2cccc(C#N)c2)cc1)c1nc2cc(F)c(C(F)(F)F)cc2[nH]1. The van der Waals surface area contributed by atoms with Crippen molar-refractivity contribution in [1.29, 1.82) is 5.26 Å². The van der Waals surface area contributed by atoms with E-state index < -0.39 is 33.0 Å². The number of benzene rings is 3. The maximum Gasteiger partial charge on any atom is 0.419 e. The van der Waals surface area contributed by atoms with Gasteiger partial charge in [-0.1, -0.05) is 36.4 Å². The Kier molecular flexibility index (Phi) is 5.87. The van der Waals surface area contributed by atoms with Crippen molar-refractivity contribution in [3.8, 4) is 17.2 Å². The third kappa shape index (κ3) is 4.17. The summed E-state index contributed by atoms with van der Waals surface area (Å²) in [5, 5.41) is 9.26. The first-order valence-corrected chi connectivity index (χ1v) is 14.5. The molecule has 2 heterocycles. The summed E-state index contributed by atoms with van der Waals surface area (Å²) in [6, 6.07) is 18.6. The molecule has 3 aromatic carbocycles. The highest BCUT2D eigenvalue weighted by molar-refractivity contribution is 7.88. The molecule has 1 unspecified atom stereocenters. The predicted molar refractivity (Wildman–Crippen MR) is 141 cm³/mol. The number of aromatic amines is 1. The van der Waals surface area contributed by atoms with Crippen LogP contribution in [0.4, 0.5) is 17.6 Å². The van der Waals surface area contributed by atoms with Crippen LogP contribution in [-0.4, -0.2) is 42.0 Å². The van der Waals surface area contributed by atoms with Crippen LogP contribution in [0.1, 0.15) is 41.8 Å². The highest BCUT2D eigenvalue weighted by Gasteiger charge is 2.70. The van der Waals surface area contributed by atoms with Crippen molar-refractivity contribution in [3.05, 3.63) is 89.0 Å². The van der Waals surface area contributed by atoms with Crippen molar-refractivity contribution >= 4 is 21.1 Å². The van der Waals surface area contributed by atoms with Crippen molar-refractivity contribution in [2.24, 2.45) is 5.41 Å². The van der Waals surface area contributed by atoms with Crippen molar-refractivity contribution < 1.29 is 26.0 Å². The van der Waals surface area contributed by atoms with Gasteiger partial charge in [0, 0.05) is 19.2 Å². The van der Waals surface area contributed by atoms with E-state index in [9.17, 15) is 31.2 Å². The Labute approximate surface area is 228 Å². The highest BCUT2D eigenvalue weighted by Crippen LogP contribution is 2.72. The quantitative estimate of drug-likeness (QED) is 0.306. The Morgan fingerprint density at radius 2 is 1.73 bits per heavy atom. The molecule has 40 heavy (non-hydrogen) atoms. The van der Waals surface area contributed by atoms with Crippen LogP contribution in [0.25, 0.3) is 22.2 Å². The van der Waals surface area contributed by atoms with E-state index in [0.29, 0.717) is 43.7 Å². The Balaban J connectivity index is 1.44. The smallest absolute Gasteiger partial charge is 0.341 e. The number of hydrogen-bond acceptors (Lipinski definition) is 4. The summed E-state index contributed by atoms with van der Waals surface area (Å²) in [6.07, 6.45) is -1.96. The lowest BCUT2D eigenvalue weighted by molar-refractivity contribution is -0.139. The summed E-state index contributed by atoms with van der Waals surface area (Å²) in [4.78, 5) is 7.66. The second kappa shape index (κ2) is 8.88. The summed E-state index contributed by atoms with van der Waals surface area (Å²) in [7, 11) is -3.36. The average molecular weight is 569 g/mol. The molecule has 1 aromatic heterocycles. The summed E-state index contributed by atoms with van der Waals surface area (Å²) in [5.74, 6) is -0.948. The standard InChI is InChI=1S/C29H24F4N4O2S/c1-40(38,39)37-11-9-27(10-12-37)17-28(27,21-7-5-19(6-8-21)20-4-2-3-18(13-20)16-34)26-35-24-14-22(29(31,32)33)23(30)15-25(24)36-26/h2-8,13-15H,9-12,17H2,1H3,(H,35,36). The average Bonchev–Trinajstić information content (AvgIpc) is 3.35. The lowest BCUT2D eigenvalue weighted by Gasteiger charge is -2.34. The Morgan fingerprint density at radius 1 is 1.02 bits per heavy atom. The third-order valence-corrected chi connectivity index (χ3v) is 9.82. The van der Waals surface area contributed by atoms with Gasteiger partial charge in [-0.2, -0.15) is 18.4 Å². The number of fused-ring (bicyclic) bond motifs is 1. The molecular weight excluding hydrogens is 544 g/mol. The van der Waals surface area contributed by atoms with Gasteiger partial charge in [-0.25, -0.2) is 22.1 Å². The van der Waals surface area contributed by atoms with Crippen molar-refractivity contribution in [2.75, 3.05) is 19.3 Å². The number of imidazole rings is 1. The van der Waals surface area contributed by atoms with Crippen LogP contribution < -0.4 is 0 Å². The van der Waals surface area contributed by atoms with Crippen LogP contribution in [0.2, 0.25) is 0 Å². The molecule has 2 fully saturated rings. The van der Waals surface area contributed by atoms with Crippen LogP contribution >= 0.6 is 0 Å². The van der Waals surface area contributed by atoms with E-state index in [0.717, 1.165) is 28.8 Å². The van der Waals surface area contributed by atoms with Gasteiger partial charge in [0.25, 0.3) is 0 Å². The van der Waals surface area contributed by atoms with Crippen LogP contribution in [0.5, 0.6) is 0 Å². The van der Waals surface area contributed by atoms with E-state index in [1.165, 1.54) is 10.6 Å². The number of nitrogens with one attached hydrogen (secondary N) is 1. The monoisotopic (exact) mass is 568 g/mol. The minimum atomic E-state index is -4.85. The number of nitrogens with zero attached hydrogens (tertiary/aromatic N) is 3. The normalized spacial score (nSPS) is 21.0. The number of alkyl halides is 3. The molecule has 6 nitrogen and oxygen atoms in total. The van der Waals surface area contributed by atoms with E-state index in [1.54, 1.807) is 18.2 Å². The number of H-pyrrole nitrogens is 1. The Morgan fingerprint density at radius 3 is 2.35 bits per heavy atom. The first-order chi connectivity index (χ1) is 18.9. The molecule has 1 atom stereocenters. The summed E-state index contributed by atoms with van der Waals surface area (Å²) < 4.78 is 80.3. The maximum atomic E-state index is 14.4. The molecule has 11 heteroatoms. The van der Waals surface area contributed by atoms with E-state index in [1.807, 2.05) is 30.3 Å². The zero-order valence-corrected chi connectivity index (χ0v) is 22.2. The molecule has 6 rings (SSSR count). The number of nitriles is 1. The summed E-state index contributed by atoms with van der Waals surface area (Å²) >= 11 is 0. The van der Waals surface area contributed by atoms with E-state index in [2.05, 4.69) is 16.0 Å². The van der Waals surface area contributed by atoms with Crippen LogP contribution in [0.3, 0.4) is 0 Å². The van der Waals surface area contributed by atoms with Crippen molar-refractivity contribution in [3.63, 3.8) is 0 Å². The topological polar surface area (TPSA) is 89.8 Å². The van der Waals surface area contributed by atoms with Gasteiger partial charge in [0.1, 0.15) is 11.6 Å². The Hall–Kier alpha value is -3.75. The van der Waals surface area contributed by atoms with Gasteiger partial charge in [0.05, 0.1) is 39.9 Å². The molecular formula is C29H24F4N4O2S. The molecule has 0 amide bonds. The van der Waals surface area contributed by atoms with Gasteiger partial charge >= 0.3 is 6.18 Å². The second-order valence-corrected chi connectivity index (χ2v) is 12.7. The van der Waals surface area contributed by atoms with Crippen LogP contribution in [-0.2, 0) is 21.6 Å². The molecule has 206 valence electrons. The molecule has 1 aliphatic heterocycles. The largest absolute Gasteiger partial charge is 0.419 e. The van der Waals surface area contributed by atoms with Crippen LogP contribution in [0.15, 0.2) is 60.7 Å². The molecule has 1 spiro atoms. The maximum absolute atomic E-state index is 14.4. The fourth-order valence-corrected chi connectivity index (χ4v) is 7.20.